The summed E-state index contributed by atoms with van der Waals surface area (Å²) in [5, 5.41) is 4.59. The monoisotopic (exact) mass is 323 g/mol. The van der Waals surface area contributed by atoms with Crippen molar-refractivity contribution in [3.05, 3.63) is 58.1 Å². The number of halogens is 2. The molecule has 2 aromatic carbocycles. The Balaban J connectivity index is 2.15. The van der Waals surface area contributed by atoms with Gasteiger partial charge in [-0.1, -0.05) is 48.3 Å². The average molecular weight is 324 g/mol. The third kappa shape index (κ3) is 4.29. The fraction of sp³-hybridized carbons (Fsp3) is 0.294. The molecule has 0 saturated carbocycles. The Morgan fingerprint density at radius 1 is 1.10 bits per heavy atom. The zero-order chi connectivity index (χ0) is 15.2. The van der Waals surface area contributed by atoms with Gasteiger partial charge >= 0.3 is 0 Å². The fourth-order valence-electron chi connectivity index (χ4n) is 2.02. The van der Waals surface area contributed by atoms with Crippen LogP contribution in [0, 0.1) is 0 Å². The lowest BCUT2D eigenvalue weighted by Gasteiger charge is -2.19. The highest BCUT2D eigenvalue weighted by atomic mass is 35.5. The van der Waals surface area contributed by atoms with Gasteiger partial charge in [-0.05, 0) is 43.2 Å². The summed E-state index contributed by atoms with van der Waals surface area (Å²) in [6.07, 6.45) is 0.983. The van der Waals surface area contributed by atoms with E-state index in [-0.39, 0.29) is 6.04 Å². The van der Waals surface area contributed by atoms with Crippen molar-refractivity contribution in [2.45, 2.75) is 26.3 Å². The smallest absolute Gasteiger partial charge is 0.142 e. The van der Waals surface area contributed by atoms with Crippen molar-refractivity contribution in [2.75, 3.05) is 11.9 Å². The van der Waals surface area contributed by atoms with Crippen molar-refractivity contribution < 1.29 is 4.74 Å². The molecule has 0 aromatic heterocycles. The van der Waals surface area contributed by atoms with Crippen molar-refractivity contribution in [1.29, 1.82) is 0 Å². The summed E-state index contributed by atoms with van der Waals surface area (Å²) in [6, 6.07) is 13.7. The Bertz CT molecular complexity index is 601. The van der Waals surface area contributed by atoms with E-state index >= 15 is 0 Å². The van der Waals surface area contributed by atoms with Gasteiger partial charge in [0.2, 0.25) is 0 Å². The summed E-state index contributed by atoms with van der Waals surface area (Å²) in [7, 11) is 0. The number of para-hydroxylation sites is 2. The highest BCUT2D eigenvalue weighted by Crippen LogP contribution is 2.30. The average Bonchev–Trinajstić information content (AvgIpc) is 2.49. The molecule has 0 spiro atoms. The second-order valence-corrected chi connectivity index (χ2v) is 5.70. The summed E-state index contributed by atoms with van der Waals surface area (Å²) < 4.78 is 5.76. The van der Waals surface area contributed by atoms with Gasteiger partial charge in [-0.15, -0.1) is 0 Å². The van der Waals surface area contributed by atoms with Gasteiger partial charge in [-0.2, -0.15) is 0 Å². The fourth-order valence-corrected chi connectivity index (χ4v) is 2.33. The molecule has 0 aliphatic heterocycles. The second-order valence-electron chi connectivity index (χ2n) is 4.88. The minimum atomic E-state index is 0.103. The summed E-state index contributed by atoms with van der Waals surface area (Å²) in [5.41, 5.74) is 2.05. The van der Waals surface area contributed by atoms with E-state index in [1.807, 2.05) is 42.5 Å². The van der Waals surface area contributed by atoms with Gasteiger partial charge in [0.1, 0.15) is 5.75 Å². The molecule has 2 aromatic rings. The van der Waals surface area contributed by atoms with Gasteiger partial charge in [0.25, 0.3) is 0 Å². The van der Waals surface area contributed by atoms with Gasteiger partial charge in [-0.25, -0.2) is 0 Å². The molecule has 0 saturated heterocycles. The van der Waals surface area contributed by atoms with E-state index in [1.165, 1.54) is 0 Å². The lowest BCUT2D eigenvalue weighted by Crippen LogP contribution is -2.08. The zero-order valence-electron chi connectivity index (χ0n) is 12.2. The first kappa shape index (κ1) is 16.0. The number of rotatable bonds is 6. The first-order chi connectivity index (χ1) is 10.1. The van der Waals surface area contributed by atoms with Crippen molar-refractivity contribution in [1.82, 2.24) is 0 Å². The van der Waals surface area contributed by atoms with Crippen LogP contribution in [0.1, 0.15) is 31.9 Å². The predicted octanol–water partition coefficient (Wildman–Crippen LogP) is 5.96. The van der Waals surface area contributed by atoms with E-state index in [0.29, 0.717) is 16.7 Å². The van der Waals surface area contributed by atoms with Crippen LogP contribution >= 0.6 is 23.2 Å². The van der Waals surface area contributed by atoms with Crippen LogP contribution in [0.4, 0.5) is 5.69 Å². The number of benzene rings is 2. The van der Waals surface area contributed by atoms with Crippen LogP contribution in [0.2, 0.25) is 10.0 Å². The zero-order valence-corrected chi connectivity index (χ0v) is 13.7. The minimum absolute atomic E-state index is 0.103. The molecule has 0 bridgehead atoms. The molecular formula is C17H19Cl2NO. The van der Waals surface area contributed by atoms with E-state index < -0.39 is 0 Å². The van der Waals surface area contributed by atoms with Crippen LogP contribution in [0.3, 0.4) is 0 Å². The van der Waals surface area contributed by atoms with Gasteiger partial charge in [0.05, 0.1) is 22.3 Å². The summed E-state index contributed by atoms with van der Waals surface area (Å²) in [4.78, 5) is 0. The van der Waals surface area contributed by atoms with Crippen LogP contribution in [0.15, 0.2) is 42.5 Å². The molecule has 0 heterocycles. The molecule has 1 unspecified atom stereocenters. The summed E-state index contributed by atoms with van der Waals surface area (Å²) in [6.45, 7) is 4.88. The molecule has 1 atom stereocenters. The van der Waals surface area contributed by atoms with Crippen LogP contribution in [-0.2, 0) is 0 Å². The molecule has 1 N–H and O–H groups in total. The molecule has 4 heteroatoms. The number of anilines is 1. The van der Waals surface area contributed by atoms with Crippen LogP contribution in [0.5, 0.6) is 5.75 Å². The van der Waals surface area contributed by atoms with Gasteiger partial charge < -0.3 is 10.1 Å². The number of ether oxygens (including phenoxy) is 1. The SMILES string of the molecule is CCCOc1ccccc1NC(C)c1ccc(Cl)c(Cl)c1. The van der Waals surface area contributed by atoms with E-state index in [0.717, 1.165) is 23.4 Å². The Morgan fingerprint density at radius 3 is 2.57 bits per heavy atom. The maximum atomic E-state index is 6.08. The Morgan fingerprint density at radius 2 is 1.86 bits per heavy atom. The minimum Gasteiger partial charge on any atom is -0.491 e. The Labute approximate surface area is 136 Å². The van der Waals surface area contributed by atoms with Crippen LogP contribution in [0.25, 0.3) is 0 Å². The number of nitrogens with one attached hydrogen (secondary N) is 1. The Kier molecular flexibility index (Phi) is 5.77. The second kappa shape index (κ2) is 7.58. The third-order valence-corrected chi connectivity index (χ3v) is 3.90. The lowest BCUT2D eigenvalue weighted by atomic mass is 10.1. The van der Waals surface area contributed by atoms with E-state index in [9.17, 15) is 0 Å². The topological polar surface area (TPSA) is 21.3 Å². The highest BCUT2D eigenvalue weighted by Gasteiger charge is 2.10. The predicted molar refractivity (Wildman–Crippen MR) is 90.7 cm³/mol. The molecular weight excluding hydrogens is 305 g/mol. The van der Waals surface area contributed by atoms with Crippen LogP contribution < -0.4 is 10.1 Å². The first-order valence-corrected chi connectivity index (χ1v) is 7.80. The van der Waals surface area contributed by atoms with Crippen molar-refractivity contribution in [2.24, 2.45) is 0 Å². The van der Waals surface area contributed by atoms with Crippen LogP contribution in [-0.4, -0.2) is 6.61 Å². The largest absolute Gasteiger partial charge is 0.491 e. The molecule has 21 heavy (non-hydrogen) atoms. The van der Waals surface area contributed by atoms with Crippen molar-refractivity contribution >= 4 is 28.9 Å². The van der Waals surface area contributed by atoms with Gasteiger partial charge in [0.15, 0.2) is 0 Å². The molecule has 2 nitrogen and oxygen atoms in total. The Hall–Kier alpha value is -1.38. The quantitative estimate of drug-likeness (QED) is 0.708. The van der Waals surface area contributed by atoms with Gasteiger partial charge in [-0.3, -0.25) is 0 Å². The van der Waals surface area contributed by atoms with Crippen molar-refractivity contribution in [3.63, 3.8) is 0 Å². The third-order valence-electron chi connectivity index (χ3n) is 3.16. The number of hydrogen-bond donors (Lipinski definition) is 1. The normalized spacial score (nSPS) is 12.0. The van der Waals surface area contributed by atoms with Gasteiger partial charge in [0, 0.05) is 6.04 Å². The maximum Gasteiger partial charge on any atom is 0.142 e. The molecule has 0 aliphatic carbocycles. The molecule has 0 aliphatic rings. The maximum absolute atomic E-state index is 6.08. The molecule has 112 valence electrons. The van der Waals surface area contributed by atoms with E-state index in [2.05, 4.69) is 19.2 Å². The first-order valence-electron chi connectivity index (χ1n) is 7.05. The molecule has 2 rings (SSSR count). The van der Waals surface area contributed by atoms with Crippen molar-refractivity contribution in [3.8, 4) is 5.75 Å². The molecule has 0 fully saturated rings. The number of hydrogen-bond acceptors (Lipinski definition) is 2. The standard InChI is InChI=1S/C17H19Cl2NO/c1-3-10-21-17-7-5-4-6-16(17)20-12(2)13-8-9-14(18)15(19)11-13/h4-9,11-12,20H,3,10H2,1-2H3. The summed E-state index contributed by atoms with van der Waals surface area (Å²) in [5.74, 6) is 0.867. The molecule has 0 radical (unpaired) electrons. The van der Waals surface area contributed by atoms with E-state index in [1.54, 1.807) is 0 Å². The highest BCUT2D eigenvalue weighted by molar-refractivity contribution is 6.42. The lowest BCUT2D eigenvalue weighted by molar-refractivity contribution is 0.318. The van der Waals surface area contributed by atoms with E-state index in [4.69, 9.17) is 27.9 Å². The summed E-state index contributed by atoms with van der Waals surface area (Å²) >= 11 is 12.0. The molecule has 0 amide bonds.